The van der Waals surface area contributed by atoms with Gasteiger partial charge in [-0.15, -0.1) is 0 Å². The van der Waals surface area contributed by atoms with Crippen molar-refractivity contribution in [3.63, 3.8) is 0 Å². The number of ether oxygens (including phenoxy) is 2. The van der Waals surface area contributed by atoms with Crippen LogP contribution in [0.4, 0.5) is 22.7 Å². The van der Waals surface area contributed by atoms with Gasteiger partial charge in [0, 0.05) is 41.7 Å². The van der Waals surface area contributed by atoms with Crippen molar-refractivity contribution >= 4 is 28.7 Å². The van der Waals surface area contributed by atoms with E-state index in [4.69, 9.17) is 9.47 Å². The Balaban J connectivity index is 1.17. The van der Waals surface area contributed by atoms with Crippen LogP contribution in [0.5, 0.6) is 5.75 Å². The van der Waals surface area contributed by atoms with E-state index < -0.39 is 0 Å². The predicted octanol–water partition coefficient (Wildman–Crippen LogP) is 6.38. The molecule has 0 atom stereocenters. The topological polar surface area (TPSA) is 80.7 Å². The highest BCUT2D eigenvalue weighted by atomic mass is 16.5. The summed E-state index contributed by atoms with van der Waals surface area (Å²) in [5.74, 6) is 0.499. The van der Waals surface area contributed by atoms with Gasteiger partial charge < -0.3 is 25.0 Å². The minimum atomic E-state index is -0.213. The third kappa shape index (κ3) is 5.92. The predicted molar refractivity (Wildman–Crippen MR) is 163 cm³/mol. The van der Waals surface area contributed by atoms with Gasteiger partial charge >= 0.3 is 0 Å². The second-order valence-electron chi connectivity index (χ2n) is 9.70. The zero-order chi connectivity index (χ0) is 28.0. The molecule has 0 bridgehead atoms. The number of nitrogens with one attached hydrogen (secondary N) is 2. The van der Waals surface area contributed by atoms with E-state index in [1.807, 2.05) is 79.0 Å². The average molecular weight is 546 g/mol. The molecule has 8 nitrogen and oxygen atoms in total. The van der Waals surface area contributed by atoms with Crippen molar-refractivity contribution in [2.24, 2.45) is 0 Å². The fraction of sp³-hybridized carbons (Fsp3) is 0.152. The summed E-state index contributed by atoms with van der Waals surface area (Å²) in [4.78, 5) is 15.4. The second-order valence-corrected chi connectivity index (χ2v) is 9.70. The molecule has 2 N–H and O–H groups in total. The van der Waals surface area contributed by atoms with Gasteiger partial charge in [0.2, 0.25) is 0 Å². The lowest BCUT2D eigenvalue weighted by atomic mass is 10.0. The summed E-state index contributed by atoms with van der Waals surface area (Å²) >= 11 is 0. The van der Waals surface area contributed by atoms with Crippen molar-refractivity contribution in [2.45, 2.75) is 0 Å². The Labute approximate surface area is 239 Å². The molecule has 1 aliphatic heterocycles. The molecule has 5 aromatic rings. The fourth-order valence-electron chi connectivity index (χ4n) is 4.96. The summed E-state index contributed by atoms with van der Waals surface area (Å²) < 4.78 is 12.8. The first-order chi connectivity index (χ1) is 20.2. The van der Waals surface area contributed by atoms with Crippen LogP contribution in [0.2, 0.25) is 0 Å². The second kappa shape index (κ2) is 12.0. The highest BCUT2D eigenvalue weighted by Gasteiger charge is 2.17. The molecule has 1 amide bonds. The monoisotopic (exact) mass is 545 g/mol. The first-order valence-corrected chi connectivity index (χ1v) is 13.6. The number of benzene rings is 4. The van der Waals surface area contributed by atoms with Crippen molar-refractivity contribution in [1.82, 2.24) is 9.78 Å². The van der Waals surface area contributed by atoms with E-state index in [1.54, 1.807) is 24.1 Å². The normalized spacial score (nSPS) is 13.0. The van der Waals surface area contributed by atoms with Gasteiger partial charge in [-0.1, -0.05) is 54.6 Å². The van der Waals surface area contributed by atoms with Crippen LogP contribution < -0.4 is 20.3 Å². The molecule has 0 radical (unpaired) electrons. The molecule has 41 heavy (non-hydrogen) atoms. The molecule has 0 spiro atoms. The number of hydrogen-bond donors (Lipinski definition) is 2. The molecule has 1 fully saturated rings. The van der Waals surface area contributed by atoms with Crippen molar-refractivity contribution in [2.75, 3.05) is 48.9 Å². The first-order valence-electron chi connectivity index (χ1n) is 13.6. The van der Waals surface area contributed by atoms with E-state index in [-0.39, 0.29) is 5.91 Å². The van der Waals surface area contributed by atoms with Crippen LogP contribution >= 0.6 is 0 Å². The Bertz CT molecular complexity index is 1640. The Morgan fingerprint density at radius 3 is 2.51 bits per heavy atom. The third-order valence-corrected chi connectivity index (χ3v) is 7.04. The molecule has 2 heterocycles. The fourth-order valence-corrected chi connectivity index (χ4v) is 4.96. The molecule has 0 unspecified atom stereocenters. The molecule has 206 valence electrons. The Kier molecular flexibility index (Phi) is 7.64. The molecule has 1 saturated heterocycles. The van der Waals surface area contributed by atoms with Crippen LogP contribution in [0.25, 0.3) is 16.8 Å². The standard InChI is InChI=1S/C33H31N5O3/c1-40-32-21-26(14-15-31(32)37-16-18-41-19-17-37)36-33(39)25-10-7-11-28(20-25)38-23-27(22-34-38)35-30-13-6-5-12-29(30)24-8-3-2-4-9-24/h2-15,20-23,35H,16-19H2,1H3,(H,36,39). The maximum atomic E-state index is 13.2. The summed E-state index contributed by atoms with van der Waals surface area (Å²) in [5.41, 5.74) is 7.03. The Morgan fingerprint density at radius 2 is 1.68 bits per heavy atom. The van der Waals surface area contributed by atoms with Gasteiger partial charge in [0.05, 0.1) is 49.8 Å². The van der Waals surface area contributed by atoms with Gasteiger partial charge in [-0.25, -0.2) is 4.68 Å². The van der Waals surface area contributed by atoms with Crippen molar-refractivity contribution in [3.05, 3.63) is 115 Å². The zero-order valence-corrected chi connectivity index (χ0v) is 22.8. The number of morpholine rings is 1. The molecule has 1 aromatic heterocycles. The van der Waals surface area contributed by atoms with Gasteiger partial charge in [-0.3, -0.25) is 4.79 Å². The number of rotatable bonds is 8. The van der Waals surface area contributed by atoms with E-state index in [9.17, 15) is 4.79 Å². The molecule has 0 saturated carbocycles. The van der Waals surface area contributed by atoms with Crippen LogP contribution in [-0.2, 0) is 4.74 Å². The number of carbonyl (C=O) groups excluding carboxylic acids is 1. The Hall–Kier alpha value is -5.08. The van der Waals surface area contributed by atoms with E-state index >= 15 is 0 Å². The highest BCUT2D eigenvalue weighted by molar-refractivity contribution is 6.04. The Morgan fingerprint density at radius 1 is 0.878 bits per heavy atom. The van der Waals surface area contributed by atoms with E-state index in [0.717, 1.165) is 47.0 Å². The van der Waals surface area contributed by atoms with Crippen LogP contribution in [0, 0.1) is 0 Å². The summed E-state index contributed by atoms with van der Waals surface area (Å²) in [6.45, 7) is 2.98. The molecule has 4 aromatic carbocycles. The molecule has 6 rings (SSSR count). The van der Waals surface area contributed by atoms with Gasteiger partial charge in [0.15, 0.2) is 0 Å². The molecule has 8 heteroatoms. The average Bonchev–Trinajstić information content (AvgIpc) is 3.51. The maximum absolute atomic E-state index is 13.2. The van der Waals surface area contributed by atoms with Crippen LogP contribution in [-0.4, -0.2) is 49.1 Å². The number of anilines is 4. The molecule has 1 aliphatic rings. The minimum absolute atomic E-state index is 0.213. The molecular formula is C33H31N5O3. The number of nitrogens with zero attached hydrogens (tertiary/aromatic N) is 3. The highest BCUT2D eigenvalue weighted by Crippen LogP contribution is 2.32. The van der Waals surface area contributed by atoms with Crippen LogP contribution in [0.3, 0.4) is 0 Å². The van der Waals surface area contributed by atoms with Gasteiger partial charge in [0.1, 0.15) is 5.75 Å². The lowest BCUT2D eigenvalue weighted by molar-refractivity contribution is 0.102. The summed E-state index contributed by atoms with van der Waals surface area (Å²) in [6.07, 6.45) is 3.69. The molecule has 0 aliphatic carbocycles. The van der Waals surface area contributed by atoms with Crippen LogP contribution in [0.15, 0.2) is 109 Å². The summed E-state index contributed by atoms with van der Waals surface area (Å²) in [6, 6.07) is 31.6. The van der Waals surface area contributed by atoms with E-state index in [2.05, 4.69) is 38.8 Å². The number of para-hydroxylation sites is 1. The maximum Gasteiger partial charge on any atom is 0.255 e. The largest absolute Gasteiger partial charge is 0.495 e. The number of amides is 1. The first kappa shape index (κ1) is 26.2. The number of methoxy groups -OCH3 is 1. The SMILES string of the molecule is COc1cc(NC(=O)c2cccc(-n3cc(Nc4ccccc4-c4ccccc4)cn3)c2)ccc1N1CCOCC1. The number of hydrogen-bond acceptors (Lipinski definition) is 6. The van der Waals surface area contributed by atoms with Crippen molar-refractivity contribution < 1.29 is 14.3 Å². The van der Waals surface area contributed by atoms with Gasteiger partial charge in [-0.05, 0) is 42.0 Å². The lowest BCUT2D eigenvalue weighted by Gasteiger charge is -2.30. The van der Waals surface area contributed by atoms with Crippen LogP contribution in [0.1, 0.15) is 10.4 Å². The summed E-state index contributed by atoms with van der Waals surface area (Å²) in [7, 11) is 1.64. The van der Waals surface area contributed by atoms with E-state index in [1.165, 1.54) is 0 Å². The summed E-state index contributed by atoms with van der Waals surface area (Å²) in [5, 5.41) is 11.0. The van der Waals surface area contributed by atoms with Gasteiger partial charge in [-0.2, -0.15) is 5.10 Å². The quantitative estimate of drug-likeness (QED) is 0.236. The minimum Gasteiger partial charge on any atom is -0.495 e. The number of aromatic nitrogens is 2. The third-order valence-electron chi connectivity index (χ3n) is 7.04. The van der Waals surface area contributed by atoms with Crippen molar-refractivity contribution in [3.8, 4) is 22.6 Å². The smallest absolute Gasteiger partial charge is 0.255 e. The van der Waals surface area contributed by atoms with E-state index in [0.29, 0.717) is 30.2 Å². The number of carbonyl (C=O) groups is 1. The molecular weight excluding hydrogens is 514 g/mol. The lowest BCUT2D eigenvalue weighted by Crippen LogP contribution is -2.36. The zero-order valence-electron chi connectivity index (χ0n) is 22.8. The van der Waals surface area contributed by atoms with Crippen molar-refractivity contribution in [1.29, 1.82) is 0 Å². The van der Waals surface area contributed by atoms with Gasteiger partial charge in [0.25, 0.3) is 5.91 Å².